The molecule has 1 atom stereocenters. The molecule has 1 fully saturated rings. The largest absolute Gasteiger partial charge is 0.478 e. The van der Waals surface area contributed by atoms with Crippen LogP contribution in [0.5, 0.6) is 0 Å². The number of nitrogens with one attached hydrogen (secondary N) is 1. The molecule has 0 saturated carbocycles. The zero-order valence-corrected chi connectivity index (χ0v) is 19.5. The third kappa shape index (κ3) is 6.04. The highest BCUT2D eigenvalue weighted by Crippen LogP contribution is 2.25. The molecule has 2 aromatic rings. The Labute approximate surface area is 192 Å². The Morgan fingerprint density at radius 2 is 2.16 bits per heavy atom. The fourth-order valence-corrected chi connectivity index (χ4v) is 4.55. The van der Waals surface area contributed by atoms with E-state index in [4.69, 9.17) is 9.47 Å². The number of anilines is 2. The number of likely N-dealkylation sites (tertiary alicyclic amines) is 1. The average molecular weight is 463 g/mol. The number of carboxylic acid groups (broad SMARTS) is 1. The first-order valence-electron chi connectivity index (χ1n) is 10.5. The zero-order chi connectivity index (χ0) is 23.1. The number of thiazole rings is 1. The Balaban J connectivity index is 1.70. The van der Waals surface area contributed by atoms with Crippen molar-refractivity contribution in [3.8, 4) is 0 Å². The number of amides is 1. The summed E-state index contributed by atoms with van der Waals surface area (Å²) in [6.07, 6.45) is 2.17. The van der Waals surface area contributed by atoms with Gasteiger partial charge in [-0.05, 0) is 37.1 Å². The van der Waals surface area contributed by atoms with Crippen LogP contribution in [0.1, 0.15) is 39.3 Å². The van der Waals surface area contributed by atoms with Gasteiger partial charge in [0.05, 0.1) is 24.5 Å². The van der Waals surface area contributed by atoms with Gasteiger partial charge >= 0.3 is 5.97 Å². The van der Waals surface area contributed by atoms with Gasteiger partial charge in [0.1, 0.15) is 5.69 Å². The average Bonchev–Trinajstić information content (AvgIpc) is 3.43. The molecular formula is C22H30N4O5S. The number of likely N-dealkylation sites (N-methyl/N-ethyl adjacent to an activating group) is 1. The Morgan fingerprint density at radius 1 is 1.34 bits per heavy atom. The van der Waals surface area contributed by atoms with Gasteiger partial charge in [-0.2, -0.15) is 0 Å². The lowest BCUT2D eigenvalue weighted by molar-refractivity contribution is 0.0697. The summed E-state index contributed by atoms with van der Waals surface area (Å²) in [4.78, 5) is 33.1. The molecule has 2 N–H and O–H groups in total. The van der Waals surface area contributed by atoms with Crippen LogP contribution in [0, 0.1) is 0 Å². The SMILES string of the molecule is COCCN(C)c1nc(C(=O)Nc2ccc(CN3CCC[C@@H]3COC)cc2C(=O)O)cs1. The third-order valence-electron chi connectivity index (χ3n) is 5.49. The molecule has 174 valence electrons. The van der Waals surface area contributed by atoms with Crippen LogP contribution in [0.2, 0.25) is 0 Å². The lowest BCUT2D eigenvalue weighted by atomic mass is 10.1. The molecule has 1 aromatic carbocycles. The van der Waals surface area contributed by atoms with Gasteiger partial charge < -0.3 is 24.8 Å². The normalized spacial score (nSPS) is 16.3. The zero-order valence-electron chi connectivity index (χ0n) is 18.7. The number of hydrogen-bond acceptors (Lipinski definition) is 8. The minimum absolute atomic E-state index is 0.0611. The fraction of sp³-hybridized carbons (Fsp3) is 0.500. The van der Waals surface area contributed by atoms with E-state index in [1.54, 1.807) is 31.7 Å². The first kappa shape index (κ1) is 24.1. The van der Waals surface area contributed by atoms with E-state index < -0.39 is 11.9 Å². The van der Waals surface area contributed by atoms with Crippen molar-refractivity contribution in [1.29, 1.82) is 0 Å². The summed E-state index contributed by atoms with van der Waals surface area (Å²) >= 11 is 1.35. The molecule has 3 rings (SSSR count). The second-order valence-corrected chi connectivity index (χ2v) is 8.63. The van der Waals surface area contributed by atoms with Crippen molar-refractivity contribution in [2.24, 2.45) is 0 Å². The van der Waals surface area contributed by atoms with Crippen molar-refractivity contribution in [2.75, 3.05) is 57.8 Å². The monoisotopic (exact) mass is 462 g/mol. The maximum atomic E-state index is 12.7. The molecule has 1 aliphatic heterocycles. The number of methoxy groups -OCH3 is 2. The first-order valence-corrected chi connectivity index (χ1v) is 11.4. The molecule has 1 amide bonds. The third-order valence-corrected chi connectivity index (χ3v) is 6.44. The second kappa shape index (κ2) is 11.4. The lowest BCUT2D eigenvalue weighted by Crippen LogP contribution is -2.32. The van der Waals surface area contributed by atoms with Gasteiger partial charge in [0.15, 0.2) is 5.13 Å². The van der Waals surface area contributed by atoms with Crippen molar-refractivity contribution in [3.05, 3.63) is 40.4 Å². The van der Waals surface area contributed by atoms with Gasteiger partial charge in [-0.3, -0.25) is 9.69 Å². The Morgan fingerprint density at radius 3 is 2.88 bits per heavy atom. The van der Waals surface area contributed by atoms with Crippen LogP contribution in [0.15, 0.2) is 23.6 Å². The fourth-order valence-electron chi connectivity index (χ4n) is 3.75. The topological polar surface area (TPSA) is 104 Å². The number of aromatic carboxylic acids is 1. The molecule has 0 bridgehead atoms. The molecule has 1 saturated heterocycles. The van der Waals surface area contributed by atoms with Crippen LogP contribution in [0.4, 0.5) is 10.8 Å². The Hall–Kier alpha value is -2.53. The van der Waals surface area contributed by atoms with Gasteiger partial charge in [-0.25, -0.2) is 9.78 Å². The van der Waals surface area contributed by atoms with Crippen LogP contribution in [-0.4, -0.2) is 80.5 Å². The smallest absolute Gasteiger partial charge is 0.337 e. The minimum atomic E-state index is -1.09. The number of rotatable bonds is 11. The summed E-state index contributed by atoms with van der Waals surface area (Å²) in [5, 5.41) is 14.8. The van der Waals surface area contributed by atoms with E-state index in [9.17, 15) is 14.7 Å². The summed E-state index contributed by atoms with van der Waals surface area (Å²) < 4.78 is 10.4. The molecule has 0 aliphatic carbocycles. The Kier molecular flexibility index (Phi) is 8.57. The Bertz CT molecular complexity index is 935. The van der Waals surface area contributed by atoms with E-state index in [0.29, 0.717) is 37.5 Å². The molecule has 0 radical (unpaired) electrons. The molecule has 9 nitrogen and oxygen atoms in total. The number of aromatic nitrogens is 1. The molecule has 0 unspecified atom stereocenters. The number of carboxylic acids is 1. The second-order valence-electron chi connectivity index (χ2n) is 7.79. The van der Waals surface area contributed by atoms with E-state index in [0.717, 1.165) is 24.9 Å². The van der Waals surface area contributed by atoms with E-state index in [1.807, 2.05) is 18.0 Å². The molecule has 10 heteroatoms. The maximum Gasteiger partial charge on any atom is 0.337 e. The summed E-state index contributed by atoms with van der Waals surface area (Å²) in [6, 6.07) is 5.48. The first-order chi connectivity index (χ1) is 15.4. The van der Waals surface area contributed by atoms with Crippen molar-refractivity contribution in [2.45, 2.75) is 25.4 Å². The number of carbonyl (C=O) groups excluding carboxylic acids is 1. The van der Waals surface area contributed by atoms with E-state index in [-0.39, 0.29) is 16.9 Å². The van der Waals surface area contributed by atoms with E-state index in [1.165, 1.54) is 11.3 Å². The van der Waals surface area contributed by atoms with E-state index in [2.05, 4.69) is 15.2 Å². The highest BCUT2D eigenvalue weighted by molar-refractivity contribution is 7.13. The van der Waals surface area contributed by atoms with Gasteiger partial charge in [-0.15, -0.1) is 11.3 Å². The van der Waals surface area contributed by atoms with Gasteiger partial charge in [0.25, 0.3) is 5.91 Å². The van der Waals surface area contributed by atoms with Gasteiger partial charge in [0.2, 0.25) is 0 Å². The maximum absolute atomic E-state index is 12.7. The number of carbonyl (C=O) groups is 2. The highest BCUT2D eigenvalue weighted by Gasteiger charge is 2.25. The molecule has 2 heterocycles. The standard InChI is InChI=1S/C22H30N4O5S/c1-25(9-10-30-2)22-24-19(14-32-22)20(27)23-18-7-6-15(11-17(18)21(28)29)12-26-8-4-5-16(26)13-31-3/h6-7,11,14,16H,4-5,8-10,12-13H2,1-3H3,(H,23,27)(H,28,29)/t16-/m1/s1. The molecular weight excluding hydrogens is 432 g/mol. The van der Waals surface area contributed by atoms with Crippen molar-refractivity contribution < 1.29 is 24.2 Å². The van der Waals surface area contributed by atoms with Crippen molar-refractivity contribution in [1.82, 2.24) is 9.88 Å². The predicted octanol–water partition coefficient (Wildman–Crippen LogP) is 2.79. The van der Waals surface area contributed by atoms with E-state index >= 15 is 0 Å². The minimum Gasteiger partial charge on any atom is -0.478 e. The quantitative estimate of drug-likeness (QED) is 0.525. The number of benzene rings is 1. The summed E-state index contributed by atoms with van der Waals surface area (Å²) in [7, 11) is 5.20. The molecule has 1 aliphatic rings. The van der Waals surface area contributed by atoms with Crippen molar-refractivity contribution >= 4 is 34.0 Å². The summed E-state index contributed by atoms with van der Waals surface area (Å²) in [5.41, 5.74) is 1.45. The number of nitrogens with zero attached hydrogens (tertiary/aromatic N) is 3. The van der Waals surface area contributed by atoms with Crippen LogP contribution in [-0.2, 0) is 16.0 Å². The summed E-state index contributed by atoms with van der Waals surface area (Å²) in [6.45, 7) is 3.47. The molecule has 0 spiro atoms. The number of ether oxygens (including phenoxy) is 2. The predicted molar refractivity (Wildman–Crippen MR) is 124 cm³/mol. The lowest BCUT2D eigenvalue weighted by Gasteiger charge is -2.24. The van der Waals surface area contributed by atoms with Gasteiger partial charge in [-0.1, -0.05) is 6.07 Å². The van der Waals surface area contributed by atoms with Crippen LogP contribution >= 0.6 is 11.3 Å². The molecule has 1 aromatic heterocycles. The molecule has 32 heavy (non-hydrogen) atoms. The number of hydrogen-bond donors (Lipinski definition) is 2. The van der Waals surface area contributed by atoms with Crippen LogP contribution in [0.3, 0.4) is 0 Å². The van der Waals surface area contributed by atoms with Crippen molar-refractivity contribution in [3.63, 3.8) is 0 Å². The highest BCUT2D eigenvalue weighted by atomic mass is 32.1. The van der Waals surface area contributed by atoms with Crippen LogP contribution < -0.4 is 10.2 Å². The van der Waals surface area contributed by atoms with Gasteiger partial charge in [0, 0.05) is 45.8 Å². The van der Waals surface area contributed by atoms with Crippen LogP contribution in [0.25, 0.3) is 0 Å². The summed E-state index contributed by atoms with van der Waals surface area (Å²) in [5.74, 6) is -1.53.